The highest BCUT2D eigenvalue weighted by Crippen LogP contribution is 2.11. The lowest BCUT2D eigenvalue weighted by molar-refractivity contribution is -0.124. The van der Waals surface area contributed by atoms with Crippen molar-refractivity contribution in [3.05, 3.63) is 11.9 Å². The molecular weight excluding hydrogens is 182 g/mol. The second-order valence-electron chi connectivity index (χ2n) is 3.23. The summed E-state index contributed by atoms with van der Waals surface area (Å²) in [6.07, 6.45) is 1.61. The number of Topliss-reactive ketones (excluding diaryl/α,β-unsaturated/α-hetero) is 1. The Hall–Kier alpha value is -1.65. The average Bonchev–Trinajstić information content (AvgIpc) is 2.28. The van der Waals surface area contributed by atoms with Crippen molar-refractivity contribution in [3.8, 4) is 0 Å². The van der Waals surface area contributed by atoms with Gasteiger partial charge in [0.25, 0.3) is 0 Å². The zero-order valence-electron chi connectivity index (χ0n) is 8.50. The number of rotatable bonds is 3. The highest BCUT2D eigenvalue weighted by molar-refractivity contribution is 6.03. The van der Waals surface area contributed by atoms with Crippen LogP contribution in [0.4, 0.5) is 5.69 Å². The van der Waals surface area contributed by atoms with E-state index in [1.165, 1.54) is 6.92 Å². The number of aromatic nitrogens is 2. The summed E-state index contributed by atoms with van der Waals surface area (Å²) < 4.78 is 1.61. The van der Waals surface area contributed by atoms with E-state index in [2.05, 4.69) is 10.4 Å². The molecule has 0 saturated heterocycles. The number of carbonyl (C=O) groups excluding carboxylic acids is 2. The first-order chi connectivity index (χ1) is 6.49. The zero-order chi connectivity index (χ0) is 10.7. The van der Waals surface area contributed by atoms with Crippen molar-refractivity contribution in [1.82, 2.24) is 9.78 Å². The fourth-order valence-electron chi connectivity index (χ4n) is 1.14. The maximum Gasteiger partial charge on any atom is 0.231 e. The minimum atomic E-state index is -0.298. The van der Waals surface area contributed by atoms with Gasteiger partial charge in [-0.05, 0) is 13.8 Å². The van der Waals surface area contributed by atoms with Crippen LogP contribution in [0.5, 0.6) is 0 Å². The molecule has 76 valence electrons. The lowest BCUT2D eigenvalue weighted by atomic mass is 10.3. The molecule has 1 heterocycles. The van der Waals surface area contributed by atoms with Crippen molar-refractivity contribution in [2.45, 2.75) is 20.3 Å². The minimum absolute atomic E-state index is 0.0890. The summed E-state index contributed by atoms with van der Waals surface area (Å²) in [6, 6.07) is 0. The van der Waals surface area contributed by atoms with Crippen molar-refractivity contribution in [2.24, 2.45) is 7.05 Å². The van der Waals surface area contributed by atoms with Crippen molar-refractivity contribution >= 4 is 17.4 Å². The lowest BCUT2D eigenvalue weighted by Gasteiger charge is -2.00. The van der Waals surface area contributed by atoms with Crippen LogP contribution in [0.2, 0.25) is 0 Å². The topological polar surface area (TPSA) is 64.0 Å². The van der Waals surface area contributed by atoms with Crippen LogP contribution in [0.1, 0.15) is 19.0 Å². The molecular formula is C9H13N3O2. The van der Waals surface area contributed by atoms with E-state index in [1.54, 1.807) is 24.9 Å². The SMILES string of the molecule is CC(=O)CC(=O)Nc1cn(C)nc1C. The molecule has 0 aliphatic heterocycles. The molecule has 14 heavy (non-hydrogen) atoms. The van der Waals surface area contributed by atoms with E-state index in [4.69, 9.17) is 0 Å². The lowest BCUT2D eigenvalue weighted by Crippen LogP contribution is -2.14. The Morgan fingerprint density at radius 2 is 2.21 bits per heavy atom. The third kappa shape index (κ3) is 2.69. The Labute approximate surface area is 82.1 Å². The Morgan fingerprint density at radius 3 is 2.64 bits per heavy atom. The van der Waals surface area contributed by atoms with Crippen LogP contribution in [-0.2, 0) is 16.6 Å². The van der Waals surface area contributed by atoms with Gasteiger partial charge in [0.15, 0.2) is 0 Å². The number of anilines is 1. The van der Waals surface area contributed by atoms with Crippen molar-refractivity contribution < 1.29 is 9.59 Å². The van der Waals surface area contributed by atoms with Gasteiger partial charge in [0.2, 0.25) is 5.91 Å². The molecule has 0 spiro atoms. The molecule has 1 aromatic rings. The number of nitrogens with zero attached hydrogens (tertiary/aromatic N) is 2. The van der Waals surface area contributed by atoms with Crippen molar-refractivity contribution in [1.29, 1.82) is 0 Å². The van der Waals surface area contributed by atoms with Crippen molar-refractivity contribution in [3.63, 3.8) is 0 Å². The highest BCUT2D eigenvalue weighted by atomic mass is 16.2. The predicted octanol–water partition coefficient (Wildman–Crippen LogP) is 0.646. The van der Waals surface area contributed by atoms with E-state index in [-0.39, 0.29) is 18.1 Å². The summed E-state index contributed by atoms with van der Waals surface area (Å²) in [4.78, 5) is 21.9. The fourth-order valence-corrected chi connectivity index (χ4v) is 1.14. The highest BCUT2D eigenvalue weighted by Gasteiger charge is 2.08. The van der Waals surface area contributed by atoms with Gasteiger partial charge in [-0.3, -0.25) is 14.3 Å². The number of nitrogens with one attached hydrogen (secondary N) is 1. The molecule has 0 fully saturated rings. The van der Waals surface area contributed by atoms with Crippen LogP contribution in [0.25, 0.3) is 0 Å². The van der Waals surface area contributed by atoms with Gasteiger partial charge in [0.05, 0.1) is 17.8 Å². The second kappa shape index (κ2) is 4.04. The minimum Gasteiger partial charge on any atom is -0.323 e. The van der Waals surface area contributed by atoms with E-state index in [1.807, 2.05) is 0 Å². The van der Waals surface area contributed by atoms with Gasteiger partial charge in [0.1, 0.15) is 5.78 Å². The molecule has 1 N–H and O–H groups in total. The third-order valence-corrected chi connectivity index (χ3v) is 1.70. The Kier molecular flexibility index (Phi) is 3.01. The van der Waals surface area contributed by atoms with Gasteiger partial charge >= 0.3 is 0 Å². The molecule has 1 rings (SSSR count). The van der Waals surface area contributed by atoms with Gasteiger partial charge in [-0.1, -0.05) is 0 Å². The van der Waals surface area contributed by atoms with Gasteiger partial charge in [-0.2, -0.15) is 5.10 Å². The van der Waals surface area contributed by atoms with Crippen LogP contribution in [-0.4, -0.2) is 21.5 Å². The van der Waals surface area contributed by atoms with E-state index in [9.17, 15) is 9.59 Å². The van der Waals surface area contributed by atoms with E-state index in [0.29, 0.717) is 5.69 Å². The molecule has 5 heteroatoms. The second-order valence-corrected chi connectivity index (χ2v) is 3.23. The molecule has 0 aliphatic carbocycles. The normalized spacial score (nSPS) is 9.93. The summed E-state index contributed by atoms with van der Waals surface area (Å²) >= 11 is 0. The van der Waals surface area contributed by atoms with Crippen molar-refractivity contribution in [2.75, 3.05) is 5.32 Å². The summed E-state index contributed by atoms with van der Waals surface area (Å²) in [6.45, 7) is 3.18. The average molecular weight is 195 g/mol. The number of amides is 1. The Bertz CT molecular complexity index is 368. The summed E-state index contributed by atoms with van der Waals surface area (Å²) in [7, 11) is 1.77. The predicted molar refractivity (Wildman–Crippen MR) is 51.9 cm³/mol. The van der Waals surface area contributed by atoms with Gasteiger partial charge < -0.3 is 5.32 Å². The van der Waals surface area contributed by atoms with Crippen LogP contribution in [0, 0.1) is 6.92 Å². The molecule has 0 unspecified atom stereocenters. The van der Waals surface area contributed by atoms with Gasteiger partial charge in [-0.15, -0.1) is 0 Å². The molecule has 0 atom stereocenters. The quantitative estimate of drug-likeness (QED) is 0.720. The number of ketones is 1. The molecule has 0 saturated carbocycles. The maximum atomic E-state index is 11.2. The Balaban J connectivity index is 2.64. The van der Waals surface area contributed by atoms with Gasteiger partial charge in [0, 0.05) is 13.2 Å². The molecule has 5 nitrogen and oxygen atoms in total. The zero-order valence-corrected chi connectivity index (χ0v) is 8.50. The summed E-state index contributed by atoms with van der Waals surface area (Å²) in [5.74, 6) is -0.447. The molecule has 0 aromatic carbocycles. The Morgan fingerprint density at radius 1 is 1.57 bits per heavy atom. The fraction of sp³-hybridized carbons (Fsp3) is 0.444. The van der Waals surface area contributed by atoms with Crippen LogP contribution in [0.3, 0.4) is 0 Å². The first-order valence-electron chi connectivity index (χ1n) is 4.28. The molecule has 1 amide bonds. The number of hydrogen-bond acceptors (Lipinski definition) is 3. The van der Waals surface area contributed by atoms with Crippen LogP contribution < -0.4 is 5.32 Å². The first-order valence-corrected chi connectivity index (χ1v) is 4.28. The summed E-state index contributed by atoms with van der Waals surface area (Å²) in [5, 5.41) is 6.68. The van der Waals surface area contributed by atoms with Gasteiger partial charge in [-0.25, -0.2) is 0 Å². The molecule has 0 aliphatic rings. The number of hydrogen-bond donors (Lipinski definition) is 1. The smallest absolute Gasteiger partial charge is 0.231 e. The summed E-state index contributed by atoms with van der Waals surface area (Å²) in [5.41, 5.74) is 1.39. The third-order valence-electron chi connectivity index (χ3n) is 1.70. The van der Waals surface area contributed by atoms with E-state index < -0.39 is 0 Å². The standard InChI is InChI=1S/C9H13N3O2/c1-6(13)4-9(14)10-8-5-12(3)11-7(8)2/h5H,4H2,1-3H3,(H,10,14). The molecule has 0 radical (unpaired) electrons. The number of aryl methyl sites for hydroxylation is 2. The van der Waals surface area contributed by atoms with E-state index in [0.717, 1.165) is 5.69 Å². The molecule has 1 aromatic heterocycles. The monoisotopic (exact) mass is 195 g/mol. The van der Waals surface area contributed by atoms with Crippen LogP contribution in [0.15, 0.2) is 6.20 Å². The largest absolute Gasteiger partial charge is 0.323 e. The first kappa shape index (κ1) is 10.4. The van der Waals surface area contributed by atoms with E-state index >= 15 is 0 Å². The number of carbonyl (C=O) groups is 2. The molecule has 0 bridgehead atoms. The maximum absolute atomic E-state index is 11.2. The van der Waals surface area contributed by atoms with Crippen LogP contribution >= 0.6 is 0 Å².